The van der Waals surface area contributed by atoms with E-state index in [4.69, 9.17) is 14.6 Å². The van der Waals surface area contributed by atoms with Crippen molar-refractivity contribution in [3.8, 4) is 28.4 Å². The van der Waals surface area contributed by atoms with E-state index in [9.17, 15) is 9.90 Å². The Morgan fingerprint density at radius 3 is 2.79 bits per heavy atom. The Kier molecular flexibility index (Phi) is 5.12. The molecule has 1 aliphatic rings. The van der Waals surface area contributed by atoms with Gasteiger partial charge in [0, 0.05) is 17.5 Å². The first-order valence-electron chi connectivity index (χ1n) is 9.50. The summed E-state index contributed by atoms with van der Waals surface area (Å²) in [6.07, 6.45) is 0.0661. The number of fused-ring (bicyclic) bond motifs is 1. The first-order chi connectivity index (χ1) is 14.0. The molecule has 1 unspecified atom stereocenters. The molecule has 3 aromatic rings. The van der Waals surface area contributed by atoms with Crippen LogP contribution in [-0.2, 0) is 11.4 Å². The quantitative estimate of drug-likeness (QED) is 0.626. The largest absolute Gasteiger partial charge is 0.508 e. The van der Waals surface area contributed by atoms with Gasteiger partial charge in [0.15, 0.2) is 0 Å². The lowest BCUT2D eigenvalue weighted by molar-refractivity contribution is -0.137. The van der Waals surface area contributed by atoms with Crippen molar-refractivity contribution in [1.82, 2.24) is 0 Å². The second-order valence-electron chi connectivity index (χ2n) is 7.29. The van der Waals surface area contributed by atoms with Gasteiger partial charge < -0.3 is 19.7 Å². The van der Waals surface area contributed by atoms with Crippen molar-refractivity contribution >= 4 is 5.97 Å². The molecule has 1 heterocycles. The van der Waals surface area contributed by atoms with Gasteiger partial charge in [-0.15, -0.1) is 0 Å². The zero-order valence-electron chi connectivity index (χ0n) is 16.1. The maximum absolute atomic E-state index is 11.0. The number of carbonyl (C=O) groups is 1. The number of carboxylic acids is 1. The molecule has 0 spiro atoms. The van der Waals surface area contributed by atoms with Crippen LogP contribution in [0.2, 0.25) is 0 Å². The summed E-state index contributed by atoms with van der Waals surface area (Å²) in [5.74, 6) is 0.709. The summed E-state index contributed by atoms with van der Waals surface area (Å²) >= 11 is 0. The van der Waals surface area contributed by atoms with Crippen LogP contribution in [0.1, 0.15) is 29.0 Å². The van der Waals surface area contributed by atoms with Crippen molar-refractivity contribution in [2.24, 2.45) is 0 Å². The fraction of sp³-hybridized carbons (Fsp3) is 0.208. The summed E-state index contributed by atoms with van der Waals surface area (Å²) < 4.78 is 11.6. The van der Waals surface area contributed by atoms with E-state index in [1.807, 2.05) is 49.4 Å². The first-order valence-corrected chi connectivity index (χ1v) is 9.50. The maximum Gasteiger partial charge on any atom is 0.304 e. The average molecular weight is 390 g/mol. The van der Waals surface area contributed by atoms with Gasteiger partial charge in [0.2, 0.25) is 0 Å². The Hall–Kier alpha value is -3.47. The Morgan fingerprint density at radius 1 is 1.14 bits per heavy atom. The van der Waals surface area contributed by atoms with Crippen LogP contribution in [0.3, 0.4) is 0 Å². The van der Waals surface area contributed by atoms with Gasteiger partial charge in [-0.05, 0) is 53.4 Å². The van der Waals surface area contributed by atoms with Gasteiger partial charge in [-0.2, -0.15) is 0 Å². The molecule has 0 radical (unpaired) electrons. The van der Waals surface area contributed by atoms with Crippen molar-refractivity contribution in [3.63, 3.8) is 0 Å². The van der Waals surface area contributed by atoms with Crippen LogP contribution in [0.4, 0.5) is 0 Å². The highest BCUT2D eigenvalue weighted by molar-refractivity contribution is 5.69. The molecule has 3 aromatic carbocycles. The monoisotopic (exact) mass is 390 g/mol. The second-order valence-corrected chi connectivity index (χ2v) is 7.29. The van der Waals surface area contributed by atoms with E-state index in [0.717, 1.165) is 27.8 Å². The first kappa shape index (κ1) is 18.9. The average Bonchev–Trinajstić information content (AvgIpc) is 3.08. The minimum atomic E-state index is -0.824. The number of phenolic OH excluding ortho intramolecular Hbond substituents is 1. The van der Waals surface area contributed by atoms with Crippen LogP contribution in [0, 0.1) is 6.92 Å². The molecule has 29 heavy (non-hydrogen) atoms. The van der Waals surface area contributed by atoms with Gasteiger partial charge >= 0.3 is 5.97 Å². The molecule has 148 valence electrons. The summed E-state index contributed by atoms with van der Waals surface area (Å²) in [5, 5.41) is 18.6. The Balaban J connectivity index is 1.47. The molecule has 5 nitrogen and oxygen atoms in total. The number of hydrogen-bond acceptors (Lipinski definition) is 4. The van der Waals surface area contributed by atoms with Gasteiger partial charge in [0.25, 0.3) is 0 Å². The Labute approximate surface area is 169 Å². The van der Waals surface area contributed by atoms with Gasteiger partial charge in [0.1, 0.15) is 23.9 Å². The lowest BCUT2D eigenvalue weighted by atomic mass is 9.98. The molecule has 1 atom stereocenters. The van der Waals surface area contributed by atoms with Crippen LogP contribution in [0.15, 0.2) is 60.7 Å². The van der Waals surface area contributed by atoms with E-state index < -0.39 is 5.97 Å². The lowest BCUT2D eigenvalue weighted by Gasteiger charge is -2.11. The van der Waals surface area contributed by atoms with Crippen LogP contribution >= 0.6 is 0 Å². The molecule has 5 heteroatoms. The van der Waals surface area contributed by atoms with Gasteiger partial charge in [-0.3, -0.25) is 4.79 Å². The smallest absolute Gasteiger partial charge is 0.304 e. The lowest BCUT2D eigenvalue weighted by Crippen LogP contribution is -2.07. The molecule has 0 bridgehead atoms. The number of carboxylic acid groups (broad SMARTS) is 1. The van der Waals surface area contributed by atoms with Gasteiger partial charge in [-0.25, -0.2) is 0 Å². The summed E-state index contributed by atoms with van der Waals surface area (Å²) in [4.78, 5) is 11.0. The van der Waals surface area contributed by atoms with E-state index in [1.54, 1.807) is 12.1 Å². The number of phenols is 1. The third-order valence-corrected chi connectivity index (χ3v) is 5.14. The normalized spacial score (nSPS) is 14.9. The predicted molar refractivity (Wildman–Crippen MR) is 110 cm³/mol. The molecule has 0 saturated heterocycles. The molecular weight excluding hydrogens is 368 g/mol. The molecule has 4 rings (SSSR count). The molecule has 0 fully saturated rings. The van der Waals surface area contributed by atoms with E-state index in [-0.39, 0.29) is 18.1 Å². The topological polar surface area (TPSA) is 76.0 Å². The molecule has 0 saturated carbocycles. The summed E-state index contributed by atoms with van der Waals surface area (Å²) in [6.45, 7) is 2.77. The number of ether oxygens (including phenoxy) is 2. The van der Waals surface area contributed by atoms with E-state index >= 15 is 0 Å². The highest BCUT2D eigenvalue weighted by Crippen LogP contribution is 2.38. The number of aromatic hydroxyl groups is 1. The van der Waals surface area contributed by atoms with Gasteiger partial charge in [-0.1, -0.05) is 30.3 Å². The summed E-state index contributed by atoms with van der Waals surface area (Å²) in [5.41, 5.74) is 5.09. The number of benzene rings is 3. The van der Waals surface area contributed by atoms with Crippen LogP contribution in [-0.4, -0.2) is 22.8 Å². The summed E-state index contributed by atoms with van der Waals surface area (Å²) in [7, 11) is 0. The maximum atomic E-state index is 11.0. The minimum absolute atomic E-state index is 0.0661. The van der Waals surface area contributed by atoms with Crippen LogP contribution < -0.4 is 9.47 Å². The molecule has 1 aliphatic heterocycles. The fourth-order valence-corrected chi connectivity index (χ4v) is 3.69. The number of hydrogen-bond donors (Lipinski definition) is 2. The predicted octanol–water partition coefficient (Wildman–Crippen LogP) is 4.90. The zero-order chi connectivity index (χ0) is 20.4. The molecule has 2 N–H and O–H groups in total. The van der Waals surface area contributed by atoms with Crippen molar-refractivity contribution in [2.75, 3.05) is 6.61 Å². The number of aryl methyl sites for hydroxylation is 1. The standard InChI is InChI=1S/C24H22O5/c1-15-9-19(25)5-7-21(15)17-4-2-3-16(10-17)13-28-20-6-8-22-18(11-24(26)27)14-29-23(22)12-20/h2-10,12,18,25H,11,13-14H2,1H3,(H,26,27). The van der Waals surface area contributed by atoms with Crippen molar-refractivity contribution in [2.45, 2.75) is 25.9 Å². The molecular formula is C24H22O5. The Morgan fingerprint density at radius 2 is 2.00 bits per heavy atom. The minimum Gasteiger partial charge on any atom is -0.508 e. The van der Waals surface area contributed by atoms with Crippen LogP contribution in [0.5, 0.6) is 17.2 Å². The molecule has 0 aromatic heterocycles. The fourth-order valence-electron chi connectivity index (χ4n) is 3.69. The number of aliphatic carboxylic acids is 1. The van der Waals surface area contributed by atoms with Crippen molar-refractivity contribution < 1.29 is 24.5 Å². The van der Waals surface area contributed by atoms with Crippen molar-refractivity contribution in [3.05, 3.63) is 77.4 Å². The Bertz CT molecular complexity index is 1060. The second kappa shape index (κ2) is 7.87. The third kappa shape index (κ3) is 4.19. The highest BCUT2D eigenvalue weighted by Gasteiger charge is 2.26. The zero-order valence-corrected chi connectivity index (χ0v) is 16.1. The highest BCUT2D eigenvalue weighted by atomic mass is 16.5. The third-order valence-electron chi connectivity index (χ3n) is 5.14. The summed E-state index contributed by atoms with van der Waals surface area (Å²) in [6, 6.07) is 19.0. The van der Waals surface area contributed by atoms with E-state index in [2.05, 4.69) is 6.07 Å². The molecule has 0 aliphatic carbocycles. The SMILES string of the molecule is Cc1cc(O)ccc1-c1cccc(COc2ccc3c(c2)OCC3CC(=O)O)c1. The number of rotatable bonds is 6. The van der Waals surface area contributed by atoms with Gasteiger partial charge in [0.05, 0.1) is 13.0 Å². The van der Waals surface area contributed by atoms with E-state index in [1.165, 1.54) is 0 Å². The molecule has 0 amide bonds. The van der Waals surface area contributed by atoms with Crippen LogP contribution in [0.25, 0.3) is 11.1 Å². The van der Waals surface area contributed by atoms with E-state index in [0.29, 0.717) is 24.7 Å². The van der Waals surface area contributed by atoms with Crippen molar-refractivity contribution in [1.29, 1.82) is 0 Å².